The zero-order valence-electron chi connectivity index (χ0n) is 14.7. The van der Waals surface area contributed by atoms with Crippen LogP contribution in [0.5, 0.6) is 11.5 Å². The molecule has 26 heavy (non-hydrogen) atoms. The number of benzene rings is 2. The molecule has 1 aromatic heterocycles. The Labute approximate surface area is 151 Å². The minimum absolute atomic E-state index is 0.142. The van der Waals surface area contributed by atoms with Gasteiger partial charge in [-0.15, -0.1) is 0 Å². The molecule has 0 saturated heterocycles. The van der Waals surface area contributed by atoms with Crippen LogP contribution < -0.4 is 9.47 Å². The van der Waals surface area contributed by atoms with E-state index < -0.39 is 0 Å². The SMILES string of the molecule is CC(=O)CCc1oc(C)nc1-c1ccc(-c2ccc3c(c2)OCO3)cc1. The van der Waals surface area contributed by atoms with E-state index in [1.807, 2.05) is 49.4 Å². The van der Waals surface area contributed by atoms with E-state index in [9.17, 15) is 4.79 Å². The number of Topliss-reactive ketones (excluding diaryl/α,β-unsaturated/α-hetero) is 1. The number of aryl methyl sites for hydroxylation is 2. The number of carbonyl (C=O) groups is 1. The molecule has 1 aliphatic rings. The zero-order valence-corrected chi connectivity index (χ0v) is 14.7. The Morgan fingerprint density at radius 3 is 2.46 bits per heavy atom. The number of nitrogens with zero attached hydrogens (tertiary/aromatic N) is 1. The second-order valence-corrected chi connectivity index (χ2v) is 6.35. The lowest BCUT2D eigenvalue weighted by Crippen LogP contribution is -1.94. The van der Waals surface area contributed by atoms with Crippen molar-refractivity contribution in [1.29, 1.82) is 0 Å². The van der Waals surface area contributed by atoms with Gasteiger partial charge in [-0.1, -0.05) is 30.3 Å². The van der Waals surface area contributed by atoms with Gasteiger partial charge < -0.3 is 18.7 Å². The number of hydrogen-bond acceptors (Lipinski definition) is 5. The molecule has 0 amide bonds. The maximum absolute atomic E-state index is 11.3. The Hall–Kier alpha value is -3.08. The van der Waals surface area contributed by atoms with E-state index in [-0.39, 0.29) is 12.6 Å². The molecule has 0 radical (unpaired) electrons. The summed E-state index contributed by atoms with van der Waals surface area (Å²) in [5.41, 5.74) is 3.93. The Morgan fingerprint density at radius 1 is 1.00 bits per heavy atom. The summed E-state index contributed by atoms with van der Waals surface area (Å²) in [6.07, 6.45) is 1.02. The Kier molecular flexibility index (Phi) is 4.21. The fraction of sp³-hybridized carbons (Fsp3) is 0.238. The third kappa shape index (κ3) is 3.20. The highest BCUT2D eigenvalue weighted by Crippen LogP contribution is 2.36. The van der Waals surface area contributed by atoms with Gasteiger partial charge in [0.2, 0.25) is 6.79 Å². The molecule has 5 heteroatoms. The van der Waals surface area contributed by atoms with E-state index in [1.165, 1.54) is 0 Å². The average Bonchev–Trinajstić information content (AvgIpc) is 3.25. The quantitative estimate of drug-likeness (QED) is 0.675. The van der Waals surface area contributed by atoms with Crippen LogP contribution in [0.4, 0.5) is 0 Å². The van der Waals surface area contributed by atoms with Gasteiger partial charge in [0, 0.05) is 25.3 Å². The van der Waals surface area contributed by atoms with E-state index >= 15 is 0 Å². The minimum Gasteiger partial charge on any atom is -0.454 e. The summed E-state index contributed by atoms with van der Waals surface area (Å²) in [5.74, 6) is 3.05. The molecule has 3 aromatic rings. The molecule has 0 fully saturated rings. The van der Waals surface area contributed by atoms with Crippen molar-refractivity contribution in [3.63, 3.8) is 0 Å². The minimum atomic E-state index is 0.142. The van der Waals surface area contributed by atoms with Gasteiger partial charge in [-0.3, -0.25) is 0 Å². The van der Waals surface area contributed by atoms with E-state index in [2.05, 4.69) is 4.98 Å². The number of rotatable bonds is 5. The molecule has 0 atom stereocenters. The molecule has 0 bridgehead atoms. The molecule has 0 aliphatic carbocycles. The van der Waals surface area contributed by atoms with Crippen LogP contribution in [0.2, 0.25) is 0 Å². The molecule has 1 aliphatic heterocycles. The third-order valence-corrected chi connectivity index (χ3v) is 4.37. The van der Waals surface area contributed by atoms with Crippen molar-refractivity contribution in [3.05, 3.63) is 54.1 Å². The van der Waals surface area contributed by atoms with Crippen LogP contribution in [-0.4, -0.2) is 17.6 Å². The summed E-state index contributed by atoms with van der Waals surface area (Å²) in [5, 5.41) is 0. The molecule has 2 aromatic carbocycles. The fourth-order valence-electron chi connectivity index (χ4n) is 3.05. The van der Waals surface area contributed by atoms with Crippen LogP contribution >= 0.6 is 0 Å². The molecule has 0 spiro atoms. The standard InChI is InChI=1S/C21H19NO4/c1-13(23)3-9-19-21(22-14(2)26-19)16-6-4-15(5-7-16)17-8-10-18-20(11-17)25-12-24-18/h4-8,10-11H,3,9,12H2,1-2H3. The van der Waals surface area contributed by atoms with Crippen molar-refractivity contribution in [2.75, 3.05) is 6.79 Å². The largest absolute Gasteiger partial charge is 0.454 e. The van der Waals surface area contributed by atoms with Crippen molar-refractivity contribution in [2.45, 2.75) is 26.7 Å². The van der Waals surface area contributed by atoms with Gasteiger partial charge in [0.05, 0.1) is 0 Å². The van der Waals surface area contributed by atoms with Gasteiger partial charge >= 0.3 is 0 Å². The van der Waals surface area contributed by atoms with Crippen LogP contribution in [0.25, 0.3) is 22.4 Å². The molecule has 5 nitrogen and oxygen atoms in total. The predicted octanol–water partition coefficient (Wildman–Crippen LogP) is 4.57. The smallest absolute Gasteiger partial charge is 0.231 e. The van der Waals surface area contributed by atoms with Crippen molar-refractivity contribution in [3.8, 4) is 33.9 Å². The van der Waals surface area contributed by atoms with E-state index in [4.69, 9.17) is 13.9 Å². The number of ketones is 1. The number of carbonyl (C=O) groups excluding carboxylic acids is 1. The lowest BCUT2D eigenvalue weighted by atomic mass is 10.0. The lowest BCUT2D eigenvalue weighted by molar-refractivity contribution is -0.117. The summed E-state index contributed by atoms with van der Waals surface area (Å²) in [6, 6.07) is 14.1. The van der Waals surface area contributed by atoms with Crippen LogP contribution in [-0.2, 0) is 11.2 Å². The molecule has 132 valence electrons. The number of hydrogen-bond donors (Lipinski definition) is 0. The van der Waals surface area contributed by atoms with Gasteiger partial charge in [-0.2, -0.15) is 0 Å². The molecule has 4 rings (SSSR count). The zero-order chi connectivity index (χ0) is 18.1. The number of oxazole rings is 1. The van der Waals surface area contributed by atoms with Gasteiger partial charge in [0.15, 0.2) is 17.4 Å². The second-order valence-electron chi connectivity index (χ2n) is 6.35. The van der Waals surface area contributed by atoms with Gasteiger partial charge in [0.1, 0.15) is 17.2 Å². The maximum atomic E-state index is 11.3. The topological polar surface area (TPSA) is 61.6 Å². The van der Waals surface area contributed by atoms with E-state index in [1.54, 1.807) is 6.92 Å². The summed E-state index contributed by atoms with van der Waals surface area (Å²) in [6.45, 7) is 3.68. The highest BCUT2D eigenvalue weighted by atomic mass is 16.7. The van der Waals surface area contributed by atoms with Gasteiger partial charge in [-0.05, 0) is 30.2 Å². The lowest BCUT2D eigenvalue weighted by Gasteiger charge is -2.05. The summed E-state index contributed by atoms with van der Waals surface area (Å²) < 4.78 is 16.5. The first-order valence-electron chi connectivity index (χ1n) is 8.56. The summed E-state index contributed by atoms with van der Waals surface area (Å²) >= 11 is 0. The second kappa shape index (κ2) is 6.67. The third-order valence-electron chi connectivity index (χ3n) is 4.37. The van der Waals surface area contributed by atoms with Crippen molar-refractivity contribution < 1.29 is 18.7 Å². The first-order chi connectivity index (χ1) is 12.6. The Bertz CT molecular complexity index is 957. The fourth-order valence-corrected chi connectivity index (χ4v) is 3.05. The molecule has 0 unspecified atom stereocenters. The van der Waals surface area contributed by atoms with Crippen LogP contribution in [0.1, 0.15) is 25.0 Å². The molecular weight excluding hydrogens is 330 g/mol. The first-order valence-corrected chi connectivity index (χ1v) is 8.56. The predicted molar refractivity (Wildman–Crippen MR) is 97.2 cm³/mol. The monoisotopic (exact) mass is 349 g/mol. The van der Waals surface area contributed by atoms with Crippen LogP contribution in [0.3, 0.4) is 0 Å². The molecule has 0 N–H and O–H groups in total. The van der Waals surface area contributed by atoms with Crippen molar-refractivity contribution in [1.82, 2.24) is 4.98 Å². The molecular formula is C21H19NO4. The summed E-state index contributed by atoms with van der Waals surface area (Å²) in [4.78, 5) is 15.8. The average molecular weight is 349 g/mol. The number of aromatic nitrogens is 1. The summed E-state index contributed by atoms with van der Waals surface area (Å²) in [7, 11) is 0. The highest BCUT2D eigenvalue weighted by molar-refractivity contribution is 5.76. The van der Waals surface area contributed by atoms with E-state index in [0.717, 1.165) is 39.6 Å². The van der Waals surface area contributed by atoms with Crippen LogP contribution in [0, 0.1) is 6.92 Å². The first kappa shape index (κ1) is 16.4. The van der Waals surface area contributed by atoms with Gasteiger partial charge in [-0.25, -0.2) is 4.98 Å². The molecule has 0 saturated carbocycles. The number of fused-ring (bicyclic) bond motifs is 1. The molecule has 2 heterocycles. The van der Waals surface area contributed by atoms with Crippen molar-refractivity contribution in [2.24, 2.45) is 0 Å². The number of ether oxygens (including phenoxy) is 2. The Balaban J connectivity index is 1.61. The van der Waals surface area contributed by atoms with Crippen LogP contribution in [0.15, 0.2) is 46.9 Å². The Morgan fingerprint density at radius 2 is 1.69 bits per heavy atom. The highest BCUT2D eigenvalue weighted by Gasteiger charge is 2.16. The normalized spacial score (nSPS) is 12.4. The van der Waals surface area contributed by atoms with Gasteiger partial charge in [0.25, 0.3) is 0 Å². The maximum Gasteiger partial charge on any atom is 0.231 e. The van der Waals surface area contributed by atoms with Crippen molar-refractivity contribution >= 4 is 5.78 Å². The van der Waals surface area contributed by atoms with E-state index in [0.29, 0.717) is 18.7 Å².